The molecule has 4 N–H and O–H groups in total. The molecule has 0 radical (unpaired) electrons. The lowest BCUT2D eigenvalue weighted by atomic mass is 10.1. The van der Waals surface area contributed by atoms with Gasteiger partial charge in [-0.1, -0.05) is 6.42 Å². The van der Waals surface area contributed by atoms with E-state index in [4.69, 9.17) is 5.73 Å². The van der Waals surface area contributed by atoms with Crippen molar-refractivity contribution in [1.29, 1.82) is 0 Å². The predicted octanol–water partition coefficient (Wildman–Crippen LogP) is 4.55. The second kappa shape index (κ2) is 12.5. The number of aromatic nitrogens is 2. The van der Waals surface area contributed by atoms with Crippen LogP contribution in [0.1, 0.15) is 50.6 Å². The fourth-order valence-corrected chi connectivity index (χ4v) is 4.78. The third-order valence-corrected chi connectivity index (χ3v) is 6.96. The van der Waals surface area contributed by atoms with Gasteiger partial charge in [0.1, 0.15) is 11.4 Å². The van der Waals surface area contributed by atoms with Crippen LogP contribution in [0.5, 0.6) is 5.75 Å². The zero-order chi connectivity index (χ0) is 28.9. The minimum Gasteiger partial charge on any atom is -0.406 e. The molecular weight excluding hydrogens is 597 g/mol. The minimum absolute atomic E-state index is 0.0330. The molecule has 0 aliphatic carbocycles. The quantitative estimate of drug-likeness (QED) is 0.320. The summed E-state index contributed by atoms with van der Waals surface area (Å²) in [6.45, 7) is 2.78. The monoisotopic (exact) mass is 622 g/mol. The van der Waals surface area contributed by atoms with Crippen molar-refractivity contribution in [2.24, 2.45) is 5.73 Å². The number of halogens is 4. The van der Waals surface area contributed by atoms with Crippen LogP contribution in [0.15, 0.2) is 53.3 Å². The van der Waals surface area contributed by atoms with Crippen molar-refractivity contribution in [3.05, 3.63) is 70.2 Å². The molecule has 1 aromatic heterocycles. The van der Waals surface area contributed by atoms with E-state index in [1.165, 1.54) is 23.7 Å². The van der Waals surface area contributed by atoms with E-state index < -0.39 is 29.8 Å². The second-order valence-electron chi connectivity index (χ2n) is 9.04. The fourth-order valence-electron chi connectivity index (χ4n) is 4.35. The van der Waals surface area contributed by atoms with Gasteiger partial charge in [-0.05, 0) is 84.3 Å². The summed E-state index contributed by atoms with van der Waals surface area (Å²) in [5.41, 5.74) is 5.95. The molecular formula is C26H26BrF3N6O4. The van der Waals surface area contributed by atoms with E-state index in [2.05, 4.69) is 40.9 Å². The SMILES string of the molecule is NC(=O)c1nc[nH]c1C(=O)N(CCN1CCCCC1)c1ccc(NC(=O)c2cc(OC(F)(F)F)ccc2Br)cc1. The second-order valence-corrected chi connectivity index (χ2v) is 9.89. The topological polar surface area (TPSA) is 134 Å². The maximum absolute atomic E-state index is 13.5. The number of nitrogens with one attached hydrogen (secondary N) is 2. The number of primary amides is 1. The van der Waals surface area contributed by atoms with Crippen LogP contribution >= 0.6 is 15.9 Å². The first-order valence-corrected chi connectivity index (χ1v) is 13.2. The van der Waals surface area contributed by atoms with Crippen molar-refractivity contribution in [1.82, 2.24) is 14.9 Å². The van der Waals surface area contributed by atoms with E-state index in [1.807, 2.05) is 0 Å². The number of imidazole rings is 1. The van der Waals surface area contributed by atoms with Crippen molar-refractivity contribution in [3.63, 3.8) is 0 Å². The number of ether oxygens (including phenoxy) is 1. The van der Waals surface area contributed by atoms with Gasteiger partial charge in [-0.2, -0.15) is 0 Å². The summed E-state index contributed by atoms with van der Waals surface area (Å²) in [6.07, 6.45) is -0.352. The Balaban J connectivity index is 1.53. The third kappa shape index (κ3) is 7.39. The van der Waals surface area contributed by atoms with Crippen LogP contribution in [0, 0.1) is 0 Å². The number of H-pyrrole nitrogens is 1. The summed E-state index contributed by atoms with van der Waals surface area (Å²) in [5.74, 6) is -2.54. The van der Waals surface area contributed by atoms with Gasteiger partial charge in [0.25, 0.3) is 17.7 Å². The Morgan fingerprint density at radius 3 is 2.45 bits per heavy atom. The molecule has 0 atom stereocenters. The molecule has 40 heavy (non-hydrogen) atoms. The van der Waals surface area contributed by atoms with Gasteiger partial charge in [-0.25, -0.2) is 4.98 Å². The number of carbonyl (C=O) groups is 3. The number of nitrogens with two attached hydrogens (primary N) is 1. The molecule has 1 saturated heterocycles. The van der Waals surface area contributed by atoms with E-state index in [1.54, 1.807) is 24.3 Å². The summed E-state index contributed by atoms with van der Waals surface area (Å²) in [6, 6.07) is 9.68. The molecule has 1 aliphatic heterocycles. The van der Waals surface area contributed by atoms with Crippen molar-refractivity contribution in [2.45, 2.75) is 25.6 Å². The van der Waals surface area contributed by atoms with Gasteiger partial charge >= 0.3 is 6.36 Å². The van der Waals surface area contributed by atoms with Gasteiger partial charge in [0, 0.05) is 28.9 Å². The number of rotatable bonds is 9. The summed E-state index contributed by atoms with van der Waals surface area (Å²) in [7, 11) is 0. The van der Waals surface area contributed by atoms with Gasteiger partial charge in [-0.15, -0.1) is 13.2 Å². The normalized spacial score (nSPS) is 14.0. The molecule has 4 rings (SSSR count). The van der Waals surface area contributed by atoms with Crippen molar-refractivity contribution in [2.75, 3.05) is 36.4 Å². The van der Waals surface area contributed by atoms with Crippen LogP contribution < -0.4 is 20.7 Å². The first-order chi connectivity index (χ1) is 19.0. The summed E-state index contributed by atoms with van der Waals surface area (Å²) < 4.78 is 42.0. The number of aromatic amines is 1. The maximum atomic E-state index is 13.5. The molecule has 1 aliphatic rings. The van der Waals surface area contributed by atoms with Gasteiger partial charge in [-0.3, -0.25) is 14.4 Å². The smallest absolute Gasteiger partial charge is 0.406 e. The number of piperidine rings is 1. The lowest BCUT2D eigenvalue weighted by Crippen LogP contribution is -2.41. The van der Waals surface area contributed by atoms with Crippen LogP contribution in [0.2, 0.25) is 0 Å². The molecule has 2 heterocycles. The average Bonchev–Trinajstić information content (AvgIpc) is 3.41. The lowest BCUT2D eigenvalue weighted by Gasteiger charge is -2.30. The summed E-state index contributed by atoms with van der Waals surface area (Å²) in [4.78, 5) is 48.4. The van der Waals surface area contributed by atoms with Crippen molar-refractivity contribution < 1.29 is 32.3 Å². The number of hydrogen-bond acceptors (Lipinski definition) is 6. The Morgan fingerprint density at radius 2 is 1.80 bits per heavy atom. The number of hydrogen-bond donors (Lipinski definition) is 3. The molecule has 212 valence electrons. The highest BCUT2D eigenvalue weighted by Crippen LogP contribution is 2.28. The molecule has 0 unspecified atom stereocenters. The minimum atomic E-state index is -4.90. The Kier molecular flexibility index (Phi) is 9.10. The van der Waals surface area contributed by atoms with Gasteiger partial charge < -0.3 is 30.6 Å². The highest BCUT2D eigenvalue weighted by atomic mass is 79.9. The van der Waals surface area contributed by atoms with Crippen LogP contribution in [0.3, 0.4) is 0 Å². The number of likely N-dealkylation sites (tertiary alicyclic amines) is 1. The molecule has 1 fully saturated rings. The number of anilines is 2. The number of amides is 3. The summed E-state index contributed by atoms with van der Waals surface area (Å²) in [5, 5.41) is 2.62. The van der Waals surface area contributed by atoms with E-state index in [0.29, 0.717) is 24.5 Å². The van der Waals surface area contributed by atoms with Gasteiger partial charge in [0.15, 0.2) is 5.69 Å². The molecule has 3 amide bonds. The van der Waals surface area contributed by atoms with E-state index in [9.17, 15) is 27.6 Å². The van der Waals surface area contributed by atoms with Crippen LogP contribution in [0.4, 0.5) is 24.5 Å². The third-order valence-electron chi connectivity index (χ3n) is 6.27. The number of benzene rings is 2. The van der Waals surface area contributed by atoms with Crippen LogP contribution in [-0.4, -0.2) is 65.1 Å². The average molecular weight is 623 g/mol. The van der Waals surface area contributed by atoms with Crippen molar-refractivity contribution in [3.8, 4) is 5.75 Å². The number of alkyl halides is 3. The Hall–Kier alpha value is -3.91. The maximum Gasteiger partial charge on any atom is 0.573 e. The van der Waals surface area contributed by atoms with E-state index in [0.717, 1.165) is 38.1 Å². The molecule has 0 saturated carbocycles. The molecule has 14 heteroatoms. The number of nitrogens with zero attached hydrogens (tertiary/aromatic N) is 3. The summed E-state index contributed by atoms with van der Waals surface area (Å²) >= 11 is 3.17. The predicted molar refractivity (Wildman–Crippen MR) is 144 cm³/mol. The molecule has 2 aromatic carbocycles. The molecule has 3 aromatic rings. The number of carbonyl (C=O) groups excluding carboxylic acids is 3. The molecule has 10 nitrogen and oxygen atoms in total. The Morgan fingerprint density at radius 1 is 1.10 bits per heavy atom. The Labute approximate surface area is 235 Å². The van der Waals surface area contributed by atoms with Crippen LogP contribution in [0.25, 0.3) is 0 Å². The lowest BCUT2D eigenvalue weighted by molar-refractivity contribution is -0.274. The zero-order valence-corrected chi connectivity index (χ0v) is 22.7. The first kappa shape index (κ1) is 29.1. The standard InChI is InChI=1S/C26H26BrF3N6O4/c27-20-9-8-18(40-26(28,29)30)14-19(20)24(38)34-16-4-6-17(7-5-16)36(13-12-35-10-2-1-3-11-35)25(39)22-21(23(31)37)32-15-33-22/h4-9,14-15H,1-3,10-13H2,(H2,31,37)(H,32,33)(H,34,38). The molecule has 0 spiro atoms. The largest absolute Gasteiger partial charge is 0.573 e. The highest BCUT2D eigenvalue weighted by molar-refractivity contribution is 9.10. The highest BCUT2D eigenvalue weighted by Gasteiger charge is 2.31. The van der Waals surface area contributed by atoms with Gasteiger partial charge in [0.05, 0.1) is 11.9 Å². The fraction of sp³-hybridized carbons (Fsp3) is 0.308. The Bertz CT molecular complexity index is 1370. The van der Waals surface area contributed by atoms with Crippen molar-refractivity contribution >= 4 is 45.0 Å². The zero-order valence-electron chi connectivity index (χ0n) is 21.1. The van der Waals surface area contributed by atoms with E-state index >= 15 is 0 Å². The molecule has 0 bridgehead atoms. The first-order valence-electron chi connectivity index (χ1n) is 12.4. The van der Waals surface area contributed by atoms with Gasteiger partial charge in [0.2, 0.25) is 0 Å². The van der Waals surface area contributed by atoms with E-state index in [-0.39, 0.29) is 21.4 Å². The van der Waals surface area contributed by atoms with Crippen LogP contribution in [-0.2, 0) is 0 Å².